The first-order valence-electron chi connectivity index (χ1n) is 7.19. The molecule has 0 heterocycles. The van der Waals surface area contributed by atoms with Gasteiger partial charge in [0.2, 0.25) is 0 Å². The molecule has 1 saturated carbocycles. The van der Waals surface area contributed by atoms with E-state index in [1.807, 2.05) is 12.1 Å². The van der Waals surface area contributed by atoms with Gasteiger partial charge in [-0.25, -0.2) is 0 Å². The molecule has 0 spiro atoms. The largest absolute Gasteiger partial charge is 0.396 e. The maximum Gasteiger partial charge on any atom is 0.0720 e. The standard InChI is InChI=1S/C17H22O2/c18-13-5-1-2-6-15-9-11-16(12-10-15)14-19-17-7-3-4-8-17/h9-12,17-18H,1,3-5,7-8,13-14H2. The molecule has 2 heteroatoms. The highest BCUT2D eigenvalue weighted by molar-refractivity contribution is 5.35. The van der Waals surface area contributed by atoms with Crippen LogP contribution in [0.15, 0.2) is 24.3 Å². The van der Waals surface area contributed by atoms with Crippen molar-refractivity contribution in [2.24, 2.45) is 0 Å². The third-order valence-corrected chi connectivity index (χ3v) is 3.43. The third-order valence-electron chi connectivity index (χ3n) is 3.43. The Morgan fingerprint density at radius 2 is 1.89 bits per heavy atom. The van der Waals surface area contributed by atoms with Gasteiger partial charge in [-0.3, -0.25) is 0 Å². The Balaban J connectivity index is 1.78. The number of aliphatic hydroxyl groups excluding tert-OH is 1. The summed E-state index contributed by atoms with van der Waals surface area (Å²) < 4.78 is 5.88. The maximum absolute atomic E-state index is 8.67. The number of unbranched alkanes of at least 4 members (excludes halogenated alkanes) is 1. The molecule has 2 rings (SSSR count). The molecule has 2 nitrogen and oxygen atoms in total. The molecule has 1 aliphatic rings. The van der Waals surface area contributed by atoms with Crippen LogP contribution in [0.1, 0.15) is 49.7 Å². The van der Waals surface area contributed by atoms with Crippen molar-refractivity contribution in [2.75, 3.05) is 6.61 Å². The third kappa shape index (κ3) is 5.06. The Bertz CT molecular complexity index is 419. The van der Waals surface area contributed by atoms with E-state index in [0.717, 1.165) is 18.4 Å². The van der Waals surface area contributed by atoms with Crippen molar-refractivity contribution in [1.82, 2.24) is 0 Å². The van der Waals surface area contributed by atoms with Crippen LogP contribution in [0.2, 0.25) is 0 Å². The van der Waals surface area contributed by atoms with Crippen LogP contribution >= 0.6 is 0 Å². The topological polar surface area (TPSA) is 29.5 Å². The predicted molar refractivity (Wildman–Crippen MR) is 76.7 cm³/mol. The summed E-state index contributed by atoms with van der Waals surface area (Å²) in [6, 6.07) is 8.26. The highest BCUT2D eigenvalue weighted by Crippen LogP contribution is 2.22. The van der Waals surface area contributed by atoms with Gasteiger partial charge in [0, 0.05) is 18.6 Å². The minimum absolute atomic E-state index is 0.214. The number of ether oxygens (including phenoxy) is 1. The first-order valence-corrected chi connectivity index (χ1v) is 7.19. The van der Waals surface area contributed by atoms with Crippen LogP contribution in [0.4, 0.5) is 0 Å². The number of hydrogen-bond donors (Lipinski definition) is 1. The van der Waals surface area contributed by atoms with Gasteiger partial charge in [-0.15, -0.1) is 0 Å². The lowest BCUT2D eigenvalue weighted by molar-refractivity contribution is 0.0457. The van der Waals surface area contributed by atoms with Crippen LogP contribution in [0.3, 0.4) is 0 Å². The van der Waals surface area contributed by atoms with Crippen LogP contribution in [0.5, 0.6) is 0 Å². The highest BCUT2D eigenvalue weighted by Gasteiger charge is 2.14. The van der Waals surface area contributed by atoms with Gasteiger partial charge in [-0.05, 0) is 37.0 Å². The van der Waals surface area contributed by atoms with Gasteiger partial charge in [-0.1, -0.05) is 36.8 Å². The molecule has 0 bridgehead atoms. The van der Waals surface area contributed by atoms with Crippen molar-refractivity contribution in [3.8, 4) is 11.8 Å². The normalized spacial score (nSPS) is 15.2. The average Bonchev–Trinajstić information content (AvgIpc) is 2.96. The Hall–Kier alpha value is -1.30. The molecule has 0 radical (unpaired) electrons. The van der Waals surface area contributed by atoms with Gasteiger partial charge in [0.25, 0.3) is 0 Å². The van der Waals surface area contributed by atoms with E-state index >= 15 is 0 Å². The zero-order chi connectivity index (χ0) is 13.3. The molecular formula is C17H22O2. The quantitative estimate of drug-likeness (QED) is 0.649. The summed E-state index contributed by atoms with van der Waals surface area (Å²) in [4.78, 5) is 0. The molecular weight excluding hydrogens is 236 g/mol. The Morgan fingerprint density at radius 3 is 2.58 bits per heavy atom. The summed E-state index contributed by atoms with van der Waals surface area (Å²) in [6.07, 6.45) is 7.03. The Labute approximate surface area is 115 Å². The molecule has 102 valence electrons. The van der Waals surface area contributed by atoms with Gasteiger partial charge in [0.1, 0.15) is 0 Å². The molecule has 0 aromatic heterocycles. The Morgan fingerprint density at radius 1 is 1.16 bits per heavy atom. The van der Waals surface area contributed by atoms with Crippen molar-refractivity contribution in [2.45, 2.75) is 51.2 Å². The molecule has 0 atom stereocenters. The van der Waals surface area contributed by atoms with Crippen LogP contribution in [-0.2, 0) is 11.3 Å². The van der Waals surface area contributed by atoms with Crippen LogP contribution in [0, 0.1) is 11.8 Å². The SMILES string of the molecule is OCCCC#Cc1ccc(COC2CCCC2)cc1. The number of hydrogen-bond acceptors (Lipinski definition) is 2. The highest BCUT2D eigenvalue weighted by atomic mass is 16.5. The number of aliphatic hydroxyl groups is 1. The van der Waals surface area contributed by atoms with Crippen molar-refractivity contribution in [3.05, 3.63) is 35.4 Å². The van der Waals surface area contributed by atoms with E-state index in [-0.39, 0.29) is 6.61 Å². The zero-order valence-electron chi connectivity index (χ0n) is 11.4. The van der Waals surface area contributed by atoms with E-state index in [9.17, 15) is 0 Å². The van der Waals surface area contributed by atoms with E-state index in [2.05, 4.69) is 24.0 Å². The number of rotatable bonds is 5. The zero-order valence-corrected chi connectivity index (χ0v) is 11.4. The van der Waals surface area contributed by atoms with E-state index < -0.39 is 0 Å². The van der Waals surface area contributed by atoms with Crippen LogP contribution in [-0.4, -0.2) is 17.8 Å². The monoisotopic (exact) mass is 258 g/mol. The molecule has 1 N–H and O–H groups in total. The summed E-state index contributed by atoms with van der Waals surface area (Å²) >= 11 is 0. The van der Waals surface area contributed by atoms with Gasteiger partial charge in [-0.2, -0.15) is 0 Å². The predicted octanol–water partition coefficient (Wildman–Crippen LogP) is 3.27. The lowest BCUT2D eigenvalue weighted by Crippen LogP contribution is -2.06. The van der Waals surface area contributed by atoms with E-state index in [1.54, 1.807) is 0 Å². The molecule has 0 saturated heterocycles. The summed E-state index contributed by atoms with van der Waals surface area (Å²) in [6.45, 7) is 0.926. The summed E-state index contributed by atoms with van der Waals surface area (Å²) in [5, 5.41) is 8.67. The van der Waals surface area contributed by atoms with Crippen molar-refractivity contribution >= 4 is 0 Å². The molecule has 0 unspecified atom stereocenters. The molecule has 0 aliphatic heterocycles. The fourth-order valence-electron chi connectivity index (χ4n) is 2.29. The second-order valence-electron chi connectivity index (χ2n) is 5.04. The fraction of sp³-hybridized carbons (Fsp3) is 0.529. The van der Waals surface area contributed by atoms with Gasteiger partial charge >= 0.3 is 0 Å². The summed E-state index contributed by atoms with van der Waals surface area (Å²) in [5.74, 6) is 6.16. The second kappa shape index (κ2) is 7.99. The molecule has 1 fully saturated rings. The lowest BCUT2D eigenvalue weighted by Gasteiger charge is -2.10. The summed E-state index contributed by atoms with van der Waals surface area (Å²) in [7, 11) is 0. The first-order chi connectivity index (χ1) is 9.38. The molecule has 19 heavy (non-hydrogen) atoms. The van der Waals surface area contributed by atoms with Crippen molar-refractivity contribution < 1.29 is 9.84 Å². The molecule has 1 aromatic rings. The fourth-order valence-corrected chi connectivity index (χ4v) is 2.29. The smallest absolute Gasteiger partial charge is 0.0720 e. The minimum Gasteiger partial charge on any atom is -0.396 e. The Kier molecular flexibility index (Phi) is 5.94. The lowest BCUT2D eigenvalue weighted by atomic mass is 10.1. The first kappa shape index (κ1) is 14.1. The number of benzene rings is 1. The van der Waals surface area contributed by atoms with E-state index in [0.29, 0.717) is 12.7 Å². The van der Waals surface area contributed by atoms with Crippen molar-refractivity contribution in [3.63, 3.8) is 0 Å². The van der Waals surface area contributed by atoms with Gasteiger partial charge < -0.3 is 9.84 Å². The van der Waals surface area contributed by atoms with Gasteiger partial charge in [0.05, 0.1) is 12.7 Å². The van der Waals surface area contributed by atoms with Crippen LogP contribution in [0.25, 0.3) is 0 Å². The van der Waals surface area contributed by atoms with Crippen LogP contribution < -0.4 is 0 Å². The average molecular weight is 258 g/mol. The van der Waals surface area contributed by atoms with Crippen molar-refractivity contribution in [1.29, 1.82) is 0 Å². The maximum atomic E-state index is 8.67. The summed E-state index contributed by atoms with van der Waals surface area (Å²) in [5.41, 5.74) is 2.25. The molecule has 1 aromatic carbocycles. The minimum atomic E-state index is 0.214. The van der Waals surface area contributed by atoms with Gasteiger partial charge in [0.15, 0.2) is 0 Å². The molecule has 1 aliphatic carbocycles. The van der Waals surface area contributed by atoms with E-state index in [4.69, 9.17) is 9.84 Å². The molecule has 0 amide bonds. The van der Waals surface area contributed by atoms with E-state index in [1.165, 1.54) is 31.2 Å². The second-order valence-corrected chi connectivity index (χ2v) is 5.04.